The van der Waals surface area contributed by atoms with Crippen LogP contribution in [0.4, 0.5) is 0 Å². The normalized spacial score (nSPS) is 30.7. The summed E-state index contributed by atoms with van der Waals surface area (Å²) in [7, 11) is 0. The van der Waals surface area contributed by atoms with Gasteiger partial charge in [0.25, 0.3) is 0 Å². The molecule has 0 bridgehead atoms. The molecule has 2 aromatic carbocycles. The fourth-order valence-electron chi connectivity index (χ4n) is 5.47. The molecule has 0 aromatic heterocycles. The zero-order chi connectivity index (χ0) is 21.5. The van der Waals surface area contributed by atoms with Gasteiger partial charge in [-0.25, -0.2) is 0 Å². The van der Waals surface area contributed by atoms with E-state index in [9.17, 15) is 0 Å². The van der Waals surface area contributed by atoms with Crippen molar-refractivity contribution in [3.63, 3.8) is 0 Å². The first kappa shape index (κ1) is 21.5. The molecule has 0 unspecified atom stereocenters. The topological polar surface area (TPSA) is 12.2 Å². The van der Waals surface area contributed by atoms with Gasteiger partial charge in [-0.1, -0.05) is 60.5 Å². The van der Waals surface area contributed by atoms with E-state index in [0.29, 0.717) is 6.04 Å². The van der Waals surface area contributed by atoms with Crippen LogP contribution in [0.15, 0.2) is 61.2 Å². The molecular formula is C26H30Cl2NO+. The number of rotatable bonds is 5. The Balaban J connectivity index is 1.95. The highest BCUT2D eigenvalue weighted by molar-refractivity contribution is 6.30. The van der Waals surface area contributed by atoms with E-state index in [4.69, 9.17) is 27.9 Å². The third kappa shape index (κ3) is 3.69. The highest BCUT2D eigenvalue weighted by atomic mass is 35.5. The molecule has 4 heteroatoms. The summed E-state index contributed by atoms with van der Waals surface area (Å²) < 4.78 is 9.12. The number of hydrogen-bond acceptors (Lipinski definition) is 1. The number of hydrogen-bond donors (Lipinski definition) is 0. The van der Waals surface area contributed by atoms with Gasteiger partial charge in [0, 0.05) is 22.0 Å². The molecule has 0 saturated carbocycles. The van der Waals surface area contributed by atoms with E-state index in [1.165, 1.54) is 11.1 Å². The van der Waals surface area contributed by atoms with E-state index in [2.05, 4.69) is 62.3 Å². The zero-order valence-electron chi connectivity index (χ0n) is 17.9. The summed E-state index contributed by atoms with van der Waals surface area (Å²) in [6.45, 7) is 10.8. The Labute approximate surface area is 190 Å². The molecule has 0 amide bonds. The Morgan fingerprint density at radius 1 is 1.13 bits per heavy atom. The van der Waals surface area contributed by atoms with E-state index in [1.807, 2.05) is 24.3 Å². The van der Waals surface area contributed by atoms with E-state index in [1.54, 1.807) is 0 Å². The third-order valence-electron chi connectivity index (χ3n) is 6.80. The van der Waals surface area contributed by atoms with Crippen molar-refractivity contribution in [2.24, 2.45) is 5.41 Å². The van der Waals surface area contributed by atoms with E-state index in [-0.39, 0.29) is 23.5 Å². The largest absolute Gasteiger partial charge is 0.438 e. The summed E-state index contributed by atoms with van der Waals surface area (Å²) in [6.07, 6.45) is 5.06. The summed E-state index contributed by atoms with van der Waals surface area (Å²) in [5.74, 6) is 1.39. The lowest BCUT2D eigenvalue weighted by atomic mass is 9.69. The SMILES string of the molecule is C=CC[C@@]1(C)C[C@H](c2cccc(Cl)c2)[C@@H](c2ccc(Cl)cc2)[N+]2=C1O[C@@H](C)[C@@H]2CC. The average molecular weight is 443 g/mol. The first-order valence-corrected chi connectivity index (χ1v) is 11.6. The molecule has 2 aliphatic heterocycles. The molecule has 30 heavy (non-hydrogen) atoms. The lowest BCUT2D eigenvalue weighted by molar-refractivity contribution is -0.613. The second-order valence-electron chi connectivity index (χ2n) is 8.93. The highest BCUT2D eigenvalue weighted by Crippen LogP contribution is 2.52. The Morgan fingerprint density at radius 2 is 1.87 bits per heavy atom. The van der Waals surface area contributed by atoms with Crippen LogP contribution in [0.25, 0.3) is 0 Å². The van der Waals surface area contributed by atoms with Gasteiger partial charge in [0.15, 0.2) is 18.2 Å². The first-order chi connectivity index (χ1) is 14.4. The van der Waals surface area contributed by atoms with Crippen LogP contribution in [0.2, 0.25) is 10.0 Å². The van der Waals surface area contributed by atoms with Crippen LogP contribution in [0, 0.1) is 5.41 Å². The fourth-order valence-corrected chi connectivity index (χ4v) is 5.79. The fraction of sp³-hybridized carbons (Fsp3) is 0.423. The average Bonchev–Trinajstić information content (AvgIpc) is 3.06. The molecule has 0 aliphatic carbocycles. The molecule has 0 saturated heterocycles. The van der Waals surface area contributed by atoms with Crippen molar-refractivity contribution < 1.29 is 9.31 Å². The number of benzene rings is 2. The second kappa shape index (κ2) is 8.40. The van der Waals surface area contributed by atoms with Crippen molar-refractivity contribution in [3.05, 3.63) is 82.4 Å². The summed E-state index contributed by atoms with van der Waals surface area (Å²) in [4.78, 5) is 0. The lowest BCUT2D eigenvalue weighted by Crippen LogP contribution is -2.45. The maximum absolute atomic E-state index is 6.56. The van der Waals surface area contributed by atoms with Gasteiger partial charge in [-0.3, -0.25) is 0 Å². The lowest BCUT2D eigenvalue weighted by Gasteiger charge is -2.38. The predicted molar refractivity (Wildman–Crippen MR) is 126 cm³/mol. The van der Waals surface area contributed by atoms with Gasteiger partial charge in [0.1, 0.15) is 0 Å². The van der Waals surface area contributed by atoms with Gasteiger partial charge in [-0.2, -0.15) is 4.58 Å². The van der Waals surface area contributed by atoms with Gasteiger partial charge in [0.05, 0.1) is 11.3 Å². The zero-order valence-corrected chi connectivity index (χ0v) is 19.5. The molecule has 0 N–H and O–H groups in total. The van der Waals surface area contributed by atoms with Crippen molar-refractivity contribution in [1.82, 2.24) is 0 Å². The number of ether oxygens (including phenoxy) is 1. The summed E-state index contributed by atoms with van der Waals surface area (Å²) in [5.41, 5.74) is 2.43. The third-order valence-corrected chi connectivity index (χ3v) is 7.29. The molecule has 2 aromatic rings. The minimum absolute atomic E-state index is 0.101. The van der Waals surface area contributed by atoms with Crippen molar-refractivity contribution >= 4 is 29.1 Å². The first-order valence-electron chi connectivity index (χ1n) is 10.8. The number of halogens is 2. The molecule has 2 heterocycles. The smallest absolute Gasteiger partial charge is 0.344 e. The van der Waals surface area contributed by atoms with Crippen LogP contribution in [-0.4, -0.2) is 22.6 Å². The molecule has 0 fully saturated rings. The molecule has 158 valence electrons. The Hall–Kier alpha value is -1.77. The molecule has 2 nitrogen and oxygen atoms in total. The van der Waals surface area contributed by atoms with Crippen LogP contribution in [0.5, 0.6) is 0 Å². The monoisotopic (exact) mass is 442 g/mol. The van der Waals surface area contributed by atoms with Gasteiger partial charge >= 0.3 is 5.90 Å². The number of allylic oxidation sites excluding steroid dienone is 1. The Bertz CT molecular complexity index is 967. The van der Waals surface area contributed by atoms with Gasteiger partial charge < -0.3 is 4.74 Å². The van der Waals surface area contributed by atoms with Gasteiger partial charge in [-0.15, -0.1) is 6.58 Å². The van der Waals surface area contributed by atoms with Crippen LogP contribution in [0.1, 0.15) is 63.1 Å². The molecule has 5 atom stereocenters. The van der Waals surface area contributed by atoms with Gasteiger partial charge in [0.2, 0.25) is 0 Å². The van der Waals surface area contributed by atoms with Crippen molar-refractivity contribution in [3.8, 4) is 0 Å². The predicted octanol–water partition coefficient (Wildman–Crippen LogP) is 7.41. The van der Waals surface area contributed by atoms with E-state index >= 15 is 0 Å². The van der Waals surface area contributed by atoms with Gasteiger partial charge in [-0.05, 0) is 56.5 Å². The van der Waals surface area contributed by atoms with E-state index in [0.717, 1.165) is 35.2 Å². The quantitative estimate of drug-likeness (QED) is 0.346. The summed E-state index contributed by atoms with van der Waals surface area (Å²) in [6, 6.07) is 17.1. The van der Waals surface area contributed by atoms with Crippen LogP contribution >= 0.6 is 23.2 Å². The second-order valence-corrected chi connectivity index (χ2v) is 9.80. The maximum atomic E-state index is 6.56. The maximum Gasteiger partial charge on any atom is 0.344 e. The minimum Gasteiger partial charge on any atom is -0.438 e. The summed E-state index contributed by atoms with van der Waals surface area (Å²) in [5, 5.41) is 1.54. The Morgan fingerprint density at radius 3 is 2.50 bits per heavy atom. The van der Waals surface area contributed by atoms with Crippen molar-refractivity contribution in [1.29, 1.82) is 0 Å². The summed E-state index contributed by atoms with van der Waals surface area (Å²) >= 11 is 12.7. The van der Waals surface area contributed by atoms with Crippen LogP contribution in [0.3, 0.4) is 0 Å². The Kier molecular flexibility index (Phi) is 6.01. The van der Waals surface area contributed by atoms with Crippen molar-refractivity contribution in [2.45, 2.75) is 64.1 Å². The minimum atomic E-state index is -0.101. The molecule has 4 rings (SSSR count). The van der Waals surface area contributed by atoms with Crippen molar-refractivity contribution in [2.75, 3.05) is 0 Å². The highest BCUT2D eigenvalue weighted by Gasteiger charge is 2.58. The van der Waals surface area contributed by atoms with Crippen LogP contribution < -0.4 is 0 Å². The molecular weight excluding hydrogens is 413 g/mol. The molecule has 2 aliphatic rings. The van der Waals surface area contributed by atoms with E-state index < -0.39 is 0 Å². The standard InChI is InChI=1S/C26H30Cl2NO/c1-5-14-26(4)16-22(19-8-7-9-21(28)15-19)24(18-10-12-20(27)13-11-18)29-23(6-2)17(3)30-25(26)29/h5,7-13,15,17,22-24H,1,6,14,16H2,2-4H3/q+1/t17-,22+,23-,24+,26-/m0/s1. The molecule has 0 spiro atoms. The number of nitrogens with zero attached hydrogens (tertiary/aromatic N) is 1. The molecule has 0 radical (unpaired) electrons. The van der Waals surface area contributed by atoms with Crippen LogP contribution in [-0.2, 0) is 4.74 Å².